The molecule has 0 aliphatic carbocycles. The number of nitrogens with zero attached hydrogens (tertiary/aromatic N) is 1. The van der Waals surface area contributed by atoms with Gasteiger partial charge in [-0.1, -0.05) is 0 Å². The lowest BCUT2D eigenvalue weighted by Gasteiger charge is -2.12. The Morgan fingerprint density at radius 3 is 2.19 bits per heavy atom. The predicted octanol–water partition coefficient (Wildman–Crippen LogP) is 0.310. The number of methoxy groups -OCH3 is 1. The maximum absolute atomic E-state index is 11.9. The molecule has 1 aromatic rings. The van der Waals surface area contributed by atoms with Crippen LogP contribution in [0.5, 0.6) is 11.5 Å². The van der Waals surface area contributed by atoms with Gasteiger partial charge in [-0.15, -0.1) is 0 Å². The minimum absolute atomic E-state index is 0.0156. The molecule has 0 atom stereocenters. The Balaban J connectivity index is 2.32. The number of ether oxygens (including phenoxy) is 5. The predicted molar refractivity (Wildman–Crippen MR) is 110 cm³/mol. The monoisotopic (exact) mass is 443 g/mol. The van der Waals surface area contributed by atoms with Crippen LogP contribution in [0.1, 0.15) is 17.3 Å². The van der Waals surface area contributed by atoms with Gasteiger partial charge in [0, 0.05) is 19.2 Å². The Kier molecular flexibility index (Phi) is 12.8. The third-order valence-corrected chi connectivity index (χ3v) is 3.79. The number of carbonyl (C=O) groups is 2. The number of carbonyl (C=O) groups excluding carboxylic acids is 2. The van der Waals surface area contributed by atoms with Crippen LogP contribution in [0.3, 0.4) is 0 Å². The number of nitro benzene ring substituents is 1. The number of nitrogens with one attached hydrogen (secondary N) is 1. The number of benzene rings is 1. The van der Waals surface area contributed by atoms with Gasteiger partial charge in [0.2, 0.25) is 0 Å². The molecule has 31 heavy (non-hydrogen) atoms. The summed E-state index contributed by atoms with van der Waals surface area (Å²) in [5.41, 5.74) is 4.75. The Labute approximate surface area is 180 Å². The fourth-order valence-corrected chi connectivity index (χ4v) is 2.34. The van der Waals surface area contributed by atoms with Crippen LogP contribution in [-0.2, 0) is 19.0 Å². The molecule has 12 heteroatoms. The van der Waals surface area contributed by atoms with Crippen LogP contribution >= 0.6 is 0 Å². The molecule has 0 aliphatic heterocycles. The van der Waals surface area contributed by atoms with Gasteiger partial charge in [-0.05, 0) is 6.92 Å². The first kappa shape index (κ1) is 26.2. The van der Waals surface area contributed by atoms with Crippen molar-refractivity contribution in [1.82, 2.24) is 5.32 Å². The van der Waals surface area contributed by atoms with E-state index in [0.717, 1.165) is 6.07 Å². The van der Waals surface area contributed by atoms with Gasteiger partial charge in [0.15, 0.2) is 23.9 Å². The number of ketones is 1. The van der Waals surface area contributed by atoms with Crippen LogP contribution < -0.4 is 20.5 Å². The summed E-state index contributed by atoms with van der Waals surface area (Å²) < 4.78 is 26.2. The van der Waals surface area contributed by atoms with Crippen LogP contribution in [0.15, 0.2) is 12.1 Å². The van der Waals surface area contributed by atoms with E-state index in [0.29, 0.717) is 39.6 Å². The van der Waals surface area contributed by atoms with Crippen molar-refractivity contribution in [2.75, 3.05) is 66.4 Å². The molecule has 0 unspecified atom stereocenters. The molecule has 12 nitrogen and oxygen atoms in total. The summed E-state index contributed by atoms with van der Waals surface area (Å²) in [7, 11) is 1.33. The smallest absolute Gasteiger partial charge is 0.284 e. The number of nitro groups is 1. The first-order chi connectivity index (χ1) is 14.9. The summed E-state index contributed by atoms with van der Waals surface area (Å²) in [5, 5.41) is 13.8. The Morgan fingerprint density at radius 1 is 1.03 bits per heavy atom. The van der Waals surface area contributed by atoms with E-state index in [1.54, 1.807) is 0 Å². The van der Waals surface area contributed by atoms with Gasteiger partial charge in [0.1, 0.15) is 0 Å². The molecule has 0 fully saturated rings. The number of hydrogen-bond donors (Lipinski definition) is 2. The summed E-state index contributed by atoms with van der Waals surface area (Å²) in [5.74, 6) is -0.838. The highest BCUT2D eigenvalue weighted by Crippen LogP contribution is 2.34. The molecule has 0 spiro atoms. The van der Waals surface area contributed by atoms with Gasteiger partial charge in [0.05, 0.1) is 63.3 Å². The van der Waals surface area contributed by atoms with E-state index in [4.69, 9.17) is 29.4 Å². The SMILES string of the molecule is COc1cc(C(C)=O)c([N+](=O)[O-])cc1OCC(=O)NCCOCCOCCOCCN. The van der Waals surface area contributed by atoms with Crippen molar-refractivity contribution in [2.24, 2.45) is 5.73 Å². The average molecular weight is 443 g/mol. The Bertz CT molecular complexity index is 728. The van der Waals surface area contributed by atoms with Gasteiger partial charge < -0.3 is 34.7 Å². The van der Waals surface area contributed by atoms with Crippen LogP contribution in [0.25, 0.3) is 0 Å². The van der Waals surface area contributed by atoms with Crippen molar-refractivity contribution in [3.8, 4) is 11.5 Å². The normalized spacial score (nSPS) is 10.5. The zero-order valence-electron chi connectivity index (χ0n) is 17.7. The van der Waals surface area contributed by atoms with Crippen LogP contribution in [0, 0.1) is 10.1 Å². The maximum Gasteiger partial charge on any atom is 0.284 e. The zero-order chi connectivity index (χ0) is 23.1. The van der Waals surface area contributed by atoms with Crippen LogP contribution in [0.2, 0.25) is 0 Å². The van der Waals surface area contributed by atoms with E-state index in [-0.39, 0.29) is 30.2 Å². The largest absolute Gasteiger partial charge is 0.493 e. The van der Waals surface area contributed by atoms with Gasteiger partial charge in [0.25, 0.3) is 11.6 Å². The quantitative estimate of drug-likeness (QED) is 0.148. The lowest BCUT2D eigenvalue weighted by atomic mass is 10.1. The second-order valence-corrected chi connectivity index (χ2v) is 6.10. The molecule has 0 radical (unpaired) electrons. The first-order valence-corrected chi connectivity index (χ1v) is 9.60. The van der Waals surface area contributed by atoms with Gasteiger partial charge >= 0.3 is 0 Å². The highest BCUT2D eigenvalue weighted by molar-refractivity contribution is 5.99. The van der Waals surface area contributed by atoms with E-state index >= 15 is 0 Å². The third kappa shape index (κ3) is 10.2. The lowest BCUT2D eigenvalue weighted by molar-refractivity contribution is -0.385. The molecule has 1 rings (SSSR count). The average Bonchev–Trinajstić information content (AvgIpc) is 2.75. The summed E-state index contributed by atoms with van der Waals surface area (Å²) in [6.45, 7) is 4.01. The lowest BCUT2D eigenvalue weighted by Crippen LogP contribution is -2.32. The second kappa shape index (κ2) is 15.1. The fraction of sp³-hybridized carbons (Fsp3) is 0.579. The number of amides is 1. The second-order valence-electron chi connectivity index (χ2n) is 6.10. The first-order valence-electron chi connectivity index (χ1n) is 9.60. The summed E-state index contributed by atoms with van der Waals surface area (Å²) >= 11 is 0. The molecule has 0 heterocycles. The highest BCUT2D eigenvalue weighted by atomic mass is 16.6. The van der Waals surface area contributed by atoms with Crippen LogP contribution in [0.4, 0.5) is 5.69 Å². The highest BCUT2D eigenvalue weighted by Gasteiger charge is 2.22. The van der Waals surface area contributed by atoms with Crippen molar-refractivity contribution < 1.29 is 38.2 Å². The summed E-state index contributed by atoms with van der Waals surface area (Å²) in [6, 6.07) is 2.28. The third-order valence-electron chi connectivity index (χ3n) is 3.79. The Hall–Kier alpha value is -2.80. The maximum atomic E-state index is 11.9. The standard InChI is InChI=1S/C19H29N3O9/c1-14(23)15-11-17(27-2)18(12-16(15)22(25)26)31-13-19(24)21-4-6-29-8-10-30-9-7-28-5-3-20/h11-12H,3-10,13,20H2,1-2H3,(H,21,24). The van der Waals surface area contributed by atoms with Crippen molar-refractivity contribution in [1.29, 1.82) is 0 Å². The number of Topliss-reactive ketones (excluding diaryl/α,β-unsaturated/α-hetero) is 1. The topological polar surface area (TPSA) is 161 Å². The minimum Gasteiger partial charge on any atom is -0.493 e. The molecular formula is C19H29N3O9. The molecule has 0 aromatic heterocycles. The van der Waals surface area contributed by atoms with Crippen LogP contribution in [-0.4, -0.2) is 83.1 Å². The van der Waals surface area contributed by atoms with Gasteiger partial charge in [-0.25, -0.2) is 0 Å². The molecule has 3 N–H and O–H groups in total. The summed E-state index contributed by atoms with van der Waals surface area (Å²) in [6.07, 6.45) is 0. The van der Waals surface area contributed by atoms with Gasteiger partial charge in [-0.3, -0.25) is 19.7 Å². The zero-order valence-corrected chi connectivity index (χ0v) is 17.7. The number of nitrogens with two attached hydrogens (primary N) is 1. The van der Waals surface area contributed by atoms with Crippen molar-refractivity contribution in [2.45, 2.75) is 6.92 Å². The van der Waals surface area contributed by atoms with Gasteiger partial charge in [-0.2, -0.15) is 0 Å². The fourth-order valence-electron chi connectivity index (χ4n) is 2.34. The van der Waals surface area contributed by atoms with Crippen molar-refractivity contribution >= 4 is 17.4 Å². The van der Waals surface area contributed by atoms with E-state index in [2.05, 4.69) is 5.32 Å². The summed E-state index contributed by atoms with van der Waals surface area (Å²) in [4.78, 5) is 34.0. The molecular weight excluding hydrogens is 414 g/mol. The van der Waals surface area contributed by atoms with E-state index in [1.165, 1.54) is 20.1 Å². The molecule has 174 valence electrons. The number of hydrogen-bond acceptors (Lipinski definition) is 10. The Morgan fingerprint density at radius 2 is 1.65 bits per heavy atom. The molecule has 0 saturated heterocycles. The van der Waals surface area contributed by atoms with E-state index in [9.17, 15) is 19.7 Å². The van der Waals surface area contributed by atoms with Crippen molar-refractivity contribution in [3.05, 3.63) is 27.8 Å². The molecule has 0 bridgehead atoms. The van der Waals surface area contributed by atoms with E-state index in [1.807, 2.05) is 0 Å². The molecule has 1 amide bonds. The number of rotatable bonds is 17. The molecule has 0 saturated carbocycles. The van der Waals surface area contributed by atoms with Crippen molar-refractivity contribution in [3.63, 3.8) is 0 Å². The molecule has 0 aliphatic rings. The minimum atomic E-state index is -0.697. The van der Waals surface area contributed by atoms with E-state index < -0.39 is 28.9 Å². The molecule has 1 aromatic carbocycles.